The van der Waals surface area contributed by atoms with E-state index in [2.05, 4.69) is 11.9 Å². The molecule has 1 atom stereocenters. The Morgan fingerprint density at radius 3 is 2.18 bits per heavy atom. The van der Waals surface area contributed by atoms with Crippen molar-refractivity contribution in [3.63, 3.8) is 0 Å². The summed E-state index contributed by atoms with van der Waals surface area (Å²) >= 11 is 0. The monoisotopic (exact) mass is 525 g/mol. The van der Waals surface area contributed by atoms with Gasteiger partial charge in [-0.2, -0.15) is 0 Å². The number of hydrogen-bond acceptors (Lipinski definition) is 4. The summed E-state index contributed by atoms with van der Waals surface area (Å²) in [6.07, 6.45) is 0. The molecule has 3 aromatic rings. The molecule has 2 aromatic carbocycles. The fourth-order valence-corrected chi connectivity index (χ4v) is 4.02. The average Bonchev–Trinajstić information content (AvgIpc) is 2.83. The first-order chi connectivity index (χ1) is 17.8. The van der Waals surface area contributed by atoms with Crippen molar-refractivity contribution >= 4 is 17.4 Å². The number of hydrogen-bond donors (Lipinski definition) is 1. The summed E-state index contributed by atoms with van der Waals surface area (Å²) in [4.78, 5) is 39.6. The van der Waals surface area contributed by atoms with Crippen LogP contribution in [0.5, 0.6) is 0 Å². The van der Waals surface area contributed by atoms with Crippen molar-refractivity contribution < 1.29 is 18.3 Å². The smallest absolute Gasteiger partial charge is 0.332 e. The molecule has 1 N–H and O–H groups in total. The molecular weight excluding hydrogens is 492 g/mol. The van der Waals surface area contributed by atoms with Gasteiger partial charge in [-0.3, -0.25) is 18.7 Å². The summed E-state index contributed by atoms with van der Waals surface area (Å²) in [6, 6.07) is 9.47. The number of carbonyl (C=O) groups is 1. The van der Waals surface area contributed by atoms with Crippen molar-refractivity contribution in [2.75, 3.05) is 11.9 Å². The van der Waals surface area contributed by atoms with Gasteiger partial charge >= 0.3 is 5.69 Å². The normalized spacial score (nSPS) is 12.2. The zero-order valence-electron chi connectivity index (χ0n) is 22.5. The second-order valence-corrected chi connectivity index (χ2v) is 10.1. The van der Waals surface area contributed by atoms with Crippen molar-refractivity contribution in [1.82, 2.24) is 9.13 Å². The molecule has 0 fully saturated rings. The molecule has 0 unspecified atom stereocenters. The third-order valence-electron chi connectivity index (χ3n) is 6.33. The van der Waals surface area contributed by atoms with Crippen molar-refractivity contribution in [1.29, 1.82) is 0 Å². The molecule has 0 aliphatic heterocycles. The SMILES string of the molecule is C=C(OCC)c1c(C)n(Cc2c(F)cccc2F)c(=O)n([C@H](C)c2ccc(NC(=O)C(C)(C)C)cc2)c1=O. The standard InChI is InChI=1S/C29H33F2N3O4/c1-8-38-19(4)25-18(3)33(16-22-23(30)10-9-11-24(22)31)28(37)34(26(25)35)17(2)20-12-14-21(15-13-20)32-27(36)29(5,6)7/h9-15,17H,4,8,16H2,1-3,5-7H3,(H,32,36)/t17-/m1/s1. The maximum absolute atomic E-state index is 14.5. The minimum absolute atomic E-state index is 0.0455. The van der Waals surface area contributed by atoms with E-state index in [-0.39, 0.29) is 35.1 Å². The topological polar surface area (TPSA) is 82.3 Å². The van der Waals surface area contributed by atoms with Crippen molar-refractivity contribution in [2.45, 2.75) is 54.1 Å². The number of halogens is 2. The van der Waals surface area contributed by atoms with Crippen LogP contribution in [0.3, 0.4) is 0 Å². The van der Waals surface area contributed by atoms with Gasteiger partial charge in [0.15, 0.2) is 0 Å². The highest BCUT2D eigenvalue weighted by Gasteiger charge is 2.25. The molecule has 38 heavy (non-hydrogen) atoms. The lowest BCUT2D eigenvalue weighted by molar-refractivity contribution is -0.123. The highest BCUT2D eigenvalue weighted by atomic mass is 19.1. The Kier molecular flexibility index (Phi) is 8.39. The summed E-state index contributed by atoms with van der Waals surface area (Å²) < 4.78 is 36.6. The van der Waals surface area contributed by atoms with Gasteiger partial charge in [0.25, 0.3) is 5.56 Å². The Hall–Kier alpha value is -4.01. The lowest BCUT2D eigenvalue weighted by Gasteiger charge is -2.22. The lowest BCUT2D eigenvalue weighted by Crippen LogP contribution is -2.45. The first kappa shape index (κ1) is 28.6. The second kappa shape index (κ2) is 11.2. The molecular formula is C29H33F2N3O4. The third kappa shape index (κ3) is 5.77. The van der Waals surface area contributed by atoms with E-state index in [4.69, 9.17) is 4.74 Å². The van der Waals surface area contributed by atoms with Gasteiger partial charge in [0.05, 0.1) is 19.2 Å². The predicted molar refractivity (Wildman–Crippen MR) is 144 cm³/mol. The van der Waals surface area contributed by atoms with E-state index in [9.17, 15) is 23.2 Å². The molecule has 0 aliphatic carbocycles. The van der Waals surface area contributed by atoms with E-state index in [1.54, 1.807) is 58.9 Å². The Balaban J connectivity index is 2.15. The first-order valence-corrected chi connectivity index (χ1v) is 12.3. The van der Waals surface area contributed by atoms with Crippen LogP contribution in [0.4, 0.5) is 14.5 Å². The number of amides is 1. The highest BCUT2D eigenvalue weighted by Crippen LogP contribution is 2.23. The number of nitrogens with one attached hydrogen (secondary N) is 1. The fourth-order valence-electron chi connectivity index (χ4n) is 4.02. The van der Waals surface area contributed by atoms with Crippen molar-refractivity contribution in [3.05, 3.63) is 104 Å². The minimum Gasteiger partial charge on any atom is -0.494 e. The second-order valence-electron chi connectivity index (χ2n) is 10.1. The zero-order valence-corrected chi connectivity index (χ0v) is 22.5. The Bertz CT molecular complexity index is 1460. The molecule has 7 nitrogen and oxygen atoms in total. The number of rotatable bonds is 8. The highest BCUT2D eigenvalue weighted by molar-refractivity contribution is 5.94. The van der Waals surface area contributed by atoms with Crippen LogP contribution in [-0.4, -0.2) is 21.6 Å². The molecule has 3 rings (SSSR count). The number of carbonyl (C=O) groups excluding carboxylic acids is 1. The van der Waals surface area contributed by atoms with Crippen LogP contribution >= 0.6 is 0 Å². The molecule has 1 heterocycles. The molecule has 0 aliphatic rings. The van der Waals surface area contributed by atoms with Crippen LogP contribution in [0.1, 0.15) is 63.0 Å². The third-order valence-corrected chi connectivity index (χ3v) is 6.33. The van der Waals surface area contributed by atoms with Crippen molar-refractivity contribution in [3.8, 4) is 0 Å². The summed E-state index contributed by atoms with van der Waals surface area (Å²) in [5, 5.41) is 2.83. The van der Waals surface area contributed by atoms with Gasteiger partial charge < -0.3 is 10.1 Å². The molecule has 0 spiro atoms. The molecule has 202 valence electrons. The molecule has 0 radical (unpaired) electrons. The summed E-state index contributed by atoms with van der Waals surface area (Å²) in [6.45, 7) is 14.0. The Morgan fingerprint density at radius 2 is 1.66 bits per heavy atom. The first-order valence-electron chi connectivity index (χ1n) is 12.3. The molecule has 1 aromatic heterocycles. The molecule has 0 bridgehead atoms. The number of nitrogens with zero attached hydrogens (tertiary/aromatic N) is 2. The summed E-state index contributed by atoms with van der Waals surface area (Å²) in [5.74, 6) is -1.71. The quantitative estimate of drug-likeness (QED) is 0.408. The van der Waals surface area contributed by atoms with Crippen LogP contribution in [0.2, 0.25) is 0 Å². The maximum atomic E-state index is 14.5. The maximum Gasteiger partial charge on any atom is 0.332 e. The van der Waals surface area contributed by atoms with E-state index in [1.807, 2.05) is 0 Å². The number of aromatic nitrogens is 2. The predicted octanol–water partition coefficient (Wildman–Crippen LogP) is 5.25. The summed E-state index contributed by atoms with van der Waals surface area (Å²) in [5.41, 5.74) is -0.845. The largest absolute Gasteiger partial charge is 0.494 e. The zero-order chi connectivity index (χ0) is 28.4. The van der Waals surface area contributed by atoms with Crippen LogP contribution < -0.4 is 16.6 Å². The summed E-state index contributed by atoms with van der Waals surface area (Å²) in [7, 11) is 0. The number of benzene rings is 2. The fraction of sp³-hybridized carbons (Fsp3) is 0.345. The Morgan fingerprint density at radius 1 is 1.08 bits per heavy atom. The van der Waals surface area contributed by atoms with Crippen LogP contribution in [-0.2, 0) is 16.1 Å². The van der Waals surface area contributed by atoms with Crippen molar-refractivity contribution in [2.24, 2.45) is 5.41 Å². The number of anilines is 1. The van der Waals surface area contributed by atoms with Gasteiger partial charge in [-0.1, -0.05) is 45.5 Å². The van der Waals surface area contributed by atoms with Gasteiger partial charge in [-0.05, 0) is 50.6 Å². The number of ether oxygens (including phenoxy) is 1. The van der Waals surface area contributed by atoms with Gasteiger partial charge in [0, 0.05) is 22.4 Å². The minimum atomic E-state index is -0.805. The molecule has 0 saturated carbocycles. The lowest BCUT2D eigenvalue weighted by atomic mass is 9.95. The van der Waals surface area contributed by atoms with E-state index in [0.29, 0.717) is 11.3 Å². The molecule has 1 amide bonds. The van der Waals surface area contributed by atoms with Gasteiger partial charge in [0.2, 0.25) is 5.91 Å². The van der Waals surface area contributed by atoms with E-state index in [0.717, 1.165) is 21.3 Å². The van der Waals surface area contributed by atoms with Gasteiger partial charge in [-0.25, -0.2) is 13.6 Å². The van der Waals surface area contributed by atoms with Crippen LogP contribution in [0.15, 0.2) is 58.6 Å². The van der Waals surface area contributed by atoms with E-state index >= 15 is 0 Å². The van der Waals surface area contributed by atoms with Gasteiger partial charge in [0.1, 0.15) is 23.0 Å². The van der Waals surface area contributed by atoms with E-state index < -0.39 is 40.9 Å². The molecule has 0 saturated heterocycles. The van der Waals surface area contributed by atoms with E-state index in [1.165, 1.54) is 13.0 Å². The molecule has 9 heteroatoms. The van der Waals surface area contributed by atoms with Crippen LogP contribution in [0.25, 0.3) is 5.76 Å². The van der Waals surface area contributed by atoms with Crippen LogP contribution in [0, 0.1) is 24.0 Å². The Labute approximate surface area is 220 Å². The average molecular weight is 526 g/mol. The van der Waals surface area contributed by atoms with Gasteiger partial charge in [-0.15, -0.1) is 0 Å².